The molecule has 0 unspecified atom stereocenters. The van der Waals surface area contributed by atoms with Crippen molar-refractivity contribution in [2.24, 2.45) is 5.92 Å². The molecule has 0 bridgehead atoms. The molecule has 3 aromatic heterocycles. The summed E-state index contributed by atoms with van der Waals surface area (Å²) in [5.74, 6) is 2.78. The van der Waals surface area contributed by atoms with E-state index in [1.54, 1.807) is 0 Å². The Bertz CT molecular complexity index is 838. The summed E-state index contributed by atoms with van der Waals surface area (Å²) < 4.78 is 2.19. The number of rotatable bonds is 4. The van der Waals surface area contributed by atoms with Crippen LogP contribution in [0.5, 0.6) is 0 Å². The van der Waals surface area contributed by atoms with Crippen molar-refractivity contribution in [2.75, 3.05) is 0 Å². The van der Waals surface area contributed by atoms with Crippen LogP contribution < -0.4 is 0 Å². The highest BCUT2D eigenvalue weighted by atomic mass is 15.1. The van der Waals surface area contributed by atoms with Crippen LogP contribution in [0.15, 0.2) is 18.6 Å². The molecular weight excluding hydrogens is 286 g/mol. The number of fused-ring (bicyclic) bond motifs is 1. The van der Waals surface area contributed by atoms with Crippen LogP contribution in [0.3, 0.4) is 0 Å². The summed E-state index contributed by atoms with van der Waals surface area (Å²) in [6.07, 6.45) is 11.1. The second kappa shape index (κ2) is 5.48. The lowest BCUT2D eigenvalue weighted by Gasteiger charge is -2.24. The zero-order valence-electron chi connectivity index (χ0n) is 14.0. The van der Waals surface area contributed by atoms with E-state index >= 15 is 0 Å². The molecule has 1 N–H and O–H groups in total. The highest BCUT2D eigenvalue weighted by Gasteiger charge is 2.20. The maximum absolute atomic E-state index is 4.71. The van der Waals surface area contributed by atoms with Crippen LogP contribution in [0.2, 0.25) is 0 Å². The maximum atomic E-state index is 4.71. The fourth-order valence-electron chi connectivity index (χ4n) is 3.35. The molecule has 1 aliphatic carbocycles. The van der Waals surface area contributed by atoms with Crippen molar-refractivity contribution >= 4 is 11.0 Å². The van der Waals surface area contributed by atoms with Gasteiger partial charge in [0.05, 0.1) is 5.69 Å². The smallest absolute Gasteiger partial charge is 0.141 e. The normalized spacial score (nSPS) is 15.5. The van der Waals surface area contributed by atoms with Crippen LogP contribution >= 0.6 is 0 Å². The second-order valence-corrected chi connectivity index (χ2v) is 6.93. The third-order valence-corrected chi connectivity index (χ3v) is 4.93. The lowest BCUT2D eigenvalue weighted by Crippen LogP contribution is -2.15. The molecule has 0 amide bonds. The minimum atomic E-state index is 0.409. The van der Waals surface area contributed by atoms with Gasteiger partial charge in [-0.1, -0.05) is 19.3 Å². The van der Waals surface area contributed by atoms with Gasteiger partial charge in [-0.15, -0.1) is 0 Å². The highest BCUT2D eigenvalue weighted by molar-refractivity contribution is 5.91. The third kappa shape index (κ3) is 2.54. The van der Waals surface area contributed by atoms with E-state index in [0.717, 1.165) is 46.3 Å². The quantitative estimate of drug-likeness (QED) is 0.791. The predicted molar refractivity (Wildman–Crippen MR) is 91.3 cm³/mol. The maximum Gasteiger partial charge on any atom is 0.141 e. The van der Waals surface area contributed by atoms with Crippen molar-refractivity contribution in [3.63, 3.8) is 0 Å². The molecule has 4 rings (SSSR count). The van der Waals surface area contributed by atoms with Crippen LogP contribution in [0.1, 0.15) is 50.8 Å². The molecule has 0 aliphatic heterocycles. The molecule has 0 saturated heterocycles. The van der Waals surface area contributed by atoms with Gasteiger partial charge >= 0.3 is 0 Å². The van der Waals surface area contributed by atoms with Gasteiger partial charge in [-0.25, -0.2) is 15.0 Å². The van der Waals surface area contributed by atoms with Crippen LogP contribution in [-0.2, 0) is 6.42 Å². The van der Waals surface area contributed by atoms with Gasteiger partial charge in [0.25, 0.3) is 0 Å². The summed E-state index contributed by atoms with van der Waals surface area (Å²) in [6, 6.07) is 0.409. The Labute approximate surface area is 136 Å². The van der Waals surface area contributed by atoms with Gasteiger partial charge in [0, 0.05) is 42.0 Å². The molecule has 23 heavy (non-hydrogen) atoms. The fourth-order valence-corrected chi connectivity index (χ4v) is 3.35. The van der Waals surface area contributed by atoms with E-state index in [4.69, 9.17) is 9.97 Å². The van der Waals surface area contributed by atoms with Crippen molar-refractivity contribution in [1.29, 1.82) is 0 Å². The van der Waals surface area contributed by atoms with Gasteiger partial charge in [-0.3, -0.25) is 0 Å². The molecule has 5 heteroatoms. The van der Waals surface area contributed by atoms with Gasteiger partial charge in [-0.2, -0.15) is 0 Å². The Balaban J connectivity index is 1.69. The Morgan fingerprint density at radius 1 is 1.30 bits per heavy atom. The minimum absolute atomic E-state index is 0.409. The predicted octanol–water partition coefficient (Wildman–Crippen LogP) is 4.05. The number of aryl methyl sites for hydroxylation is 1. The topological polar surface area (TPSA) is 59.4 Å². The standard InChI is InChI=1S/C18H23N5/c1-11(2)23-10-16(21-12(23)3)14-8-20-18-15(14)9-19-17(22-18)7-13-5-4-6-13/h8-11,13H,4-7H2,1-3H3,(H,19,20,22). The first-order valence-electron chi connectivity index (χ1n) is 8.50. The SMILES string of the molecule is Cc1nc(-c2c[nH]c3nc(CC4CCC4)ncc23)cn1C(C)C. The molecule has 5 nitrogen and oxygen atoms in total. The molecule has 1 fully saturated rings. The van der Waals surface area contributed by atoms with Crippen LogP contribution in [0.25, 0.3) is 22.3 Å². The fraction of sp³-hybridized carbons (Fsp3) is 0.500. The second-order valence-electron chi connectivity index (χ2n) is 6.93. The number of hydrogen-bond acceptors (Lipinski definition) is 3. The monoisotopic (exact) mass is 309 g/mol. The minimum Gasteiger partial charge on any atom is -0.345 e. The van der Waals surface area contributed by atoms with Gasteiger partial charge < -0.3 is 9.55 Å². The zero-order chi connectivity index (χ0) is 16.0. The number of H-pyrrole nitrogens is 1. The van der Waals surface area contributed by atoms with Gasteiger partial charge in [0.2, 0.25) is 0 Å². The Kier molecular flexibility index (Phi) is 3.43. The first-order valence-corrected chi connectivity index (χ1v) is 8.50. The van der Waals surface area contributed by atoms with Crippen molar-refractivity contribution in [1.82, 2.24) is 24.5 Å². The largest absolute Gasteiger partial charge is 0.345 e. The van der Waals surface area contributed by atoms with E-state index in [0.29, 0.717) is 6.04 Å². The molecule has 120 valence electrons. The average Bonchev–Trinajstić information content (AvgIpc) is 3.05. The van der Waals surface area contributed by atoms with Gasteiger partial charge in [-0.05, 0) is 26.7 Å². The number of aromatic amines is 1. The summed E-state index contributed by atoms with van der Waals surface area (Å²) in [7, 11) is 0. The summed E-state index contributed by atoms with van der Waals surface area (Å²) in [5, 5.41) is 1.05. The highest BCUT2D eigenvalue weighted by Crippen LogP contribution is 2.31. The van der Waals surface area contributed by atoms with E-state index in [2.05, 4.69) is 34.6 Å². The molecule has 0 spiro atoms. The van der Waals surface area contributed by atoms with Crippen LogP contribution in [-0.4, -0.2) is 24.5 Å². The number of hydrogen-bond donors (Lipinski definition) is 1. The van der Waals surface area contributed by atoms with Crippen molar-refractivity contribution in [3.8, 4) is 11.3 Å². The number of nitrogens with zero attached hydrogens (tertiary/aromatic N) is 4. The first-order chi connectivity index (χ1) is 11.1. The summed E-state index contributed by atoms with van der Waals surface area (Å²) in [4.78, 5) is 17.3. The van der Waals surface area contributed by atoms with Crippen LogP contribution in [0.4, 0.5) is 0 Å². The zero-order valence-corrected chi connectivity index (χ0v) is 14.0. The molecule has 0 atom stereocenters. The lowest BCUT2D eigenvalue weighted by molar-refractivity contribution is 0.309. The molecule has 1 aliphatic rings. The number of imidazole rings is 1. The van der Waals surface area contributed by atoms with Crippen LogP contribution in [0, 0.1) is 12.8 Å². The summed E-state index contributed by atoms with van der Waals surface area (Å²) in [5.41, 5.74) is 2.98. The molecule has 1 saturated carbocycles. The molecule has 0 radical (unpaired) electrons. The van der Waals surface area contributed by atoms with Crippen molar-refractivity contribution in [3.05, 3.63) is 30.2 Å². The Hall–Kier alpha value is -2.17. The van der Waals surface area contributed by atoms with Crippen molar-refractivity contribution in [2.45, 2.75) is 52.5 Å². The molecule has 3 heterocycles. The van der Waals surface area contributed by atoms with Gasteiger partial charge in [0.15, 0.2) is 0 Å². The summed E-state index contributed by atoms with van der Waals surface area (Å²) >= 11 is 0. The van der Waals surface area contributed by atoms with E-state index in [9.17, 15) is 0 Å². The first kappa shape index (κ1) is 14.4. The molecule has 3 aromatic rings. The Morgan fingerprint density at radius 2 is 2.13 bits per heavy atom. The van der Waals surface area contributed by atoms with E-state index in [1.807, 2.05) is 19.3 Å². The number of nitrogens with one attached hydrogen (secondary N) is 1. The van der Waals surface area contributed by atoms with Crippen molar-refractivity contribution < 1.29 is 0 Å². The molecular formula is C18H23N5. The summed E-state index contributed by atoms with van der Waals surface area (Å²) in [6.45, 7) is 6.39. The van der Waals surface area contributed by atoms with E-state index in [-0.39, 0.29) is 0 Å². The third-order valence-electron chi connectivity index (χ3n) is 4.93. The average molecular weight is 309 g/mol. The lowest BCUT2D eigenvalue weighted by atomic mass is 9.83. The Morgan fingerprint density at radius 3 is 2.78 bits per heavy atom. The van der Waals surface area contributed by atoms with Gasteiger partial charge in [0.1, 0.15) is 17.3 Å². The molecule has 0 aromatic carbocycles. The van der Waals surface area contributed by atoms with E-state index < -0.39 is 0 Å². The number of aromatic nitrogens is 5. The van der Waals surface area contributed by atoms with E-state index in [1.165, 1.54) is 19.3 Å².